The zero-order chi connectivity index (χ0) is 13.7. The van der Waals surface area contributed by atoms with Crippen molar-refractivity contribution in [2.75, 3.05) is 6.61 Å². The third-order valence-electron chi connectivity index (χ3n) is 2.69. The van der Waals surface area contributed by atoms with E-state index in [0.717, 1.165) is 30.0 Å². The van der Waals surface area contributed by atoms with Crippen molar-refractivity contribution in [1.29, 1.82) is 0 Å². The number of hydrogen-bond acceptors (Lipinski definition) is 3. The minimum absolute atomic E-state index is 0.106. The second-order valence-electron chi connectivity index (χ2n) is 4.50. The van der Waals surface area contributed by atoms with Gasteiger partial charge in [-0.3, -0.25) is 4.79 Å². The summed E-state index contributed by atoms with van der Waals surface area (Å²) >= 11 is 0. The van der Waals surface area contributed by atoms with Crippen LogP contribution in [0.25, 0.3) is 0 Å². The predicted octanol–water partition coefficient (Wildman–Crippen LogP) is 2.46. The fourth-order valence-corrected chi connectivity index (χ4v) is 1.84. The van der Waals surface area contributed by atoms with Gasteiger partial charge in [-0.05, 0) is 31.0 Å². The SMILES string of the molecule is CCCOc1ccc(Cc2nc(C)cc(=O)[nH]2)cc1. The van der Waals surface area contributed by atoms with Crippen LogP contribution in [0.15, 0.2) is 35.1 Å². The molecule has 0 fully saturated rings. The van der Waals surface area contributed by atoms with Crippen LogP contribution in [0.2, 0.25) is 0 Å². The van der Waals surface area contributed by atoms with Crippen molar-refractivity contribution in [3.63, 3.8) is 0 Å². The molecule has 0 radical (unpaired) electrons. The molecule has 0 saturated heterocycles. The summed E-state index contributed by atoms with van der Waals surface area (Å²) < 4.78 is 5.53. The number of nitrogens with zero attached hydrogens (tertiary/aromatic N) is 1. The van der Waals surface area contributed by atoms with Crippen LogP contribution in [0, 0.1) is 6.92 Å². The maximum absolute atomic E-state index is 11.4. The molecule has 0 amide bonds. The number of aromatic amines is 1. The van der Waals surface area contributed by atoms with Gasteiger partial charge in [-0.15, -0.1) is 0 Å². The molecule has 100 valence electrons. The smallest absolute Gasteiger partial charge is 0.251 e. The van der Waals surface area contributed by atoms with E-state index in [1.165, 1.54) is 6.07 Å². The van der Waals surface area contributed by atoms with Gasteiger partial charge in [0.05, 0.1) is 6.61 Å². The topological polar surface area (TPSA) is 55.0 Å². The van der Waals surface area contributed by atoms with Gasteiger partial charge < -0.3 is 9.72 Å². The molecule has 0 bridgehead atoms. The van der Waals surface area contributed by atoms with Gasteiger partial charge in [0.25, 0.3) is 5.56 Å². The van der Waals surface area contributed by atoms with E-state index in [2.05, 4.69) is 16.9 Å². The Labute approximate surface area is 112 Å². The number of ether oxygens (including phenoxy) is 1. The molecule has 0 aliphatic heterocycles. The molecule has 2 aromatic rings. The molecule has 4 heteroatoms. The van der Waals surface area contributed by atoms with Gasteiger partial charge in [-0.2, -0.15) is 0 Å². The van der Waals surface area contributed by atoms with Crippen molar-refractivity contribution >= 4 is 0 Å². The normalized spacial score (nSPS) is 10.4. The maximum atomic E-state index is 11.4. The van der Waals surface area contributed by atoms with E-state index >= 15 is 0 Å². The summed E-state index contributed by atoms with van der Waals surface area (Å²) in [6.07, 6.45) is 1.61. The third-order valence-corrected chi connectivity index (χ3v) is 2.69. The van der Waals surface area contributed by atoms with Gasteiger partial charge in [0.1, 0.15) is 11.6 Å². The van der Waals surface area contributed by atoms with Crippen LogP contribution >= 0.6 is 0 Å². The highest BCUT2D eigenvalue weighted by atomic mass is 16.5. The summed E-state index contributed by atoms with van der Waals surface area (Å²) in [6.45, 7) is 4.63. The van der Waals surface area contributed by atoms with Crippen LogP contribution in [0.5, 0.6) is 5.75 Å². The number of benzene rings is 1. The third kappa shape index (κ3) is 3.95. The molecular formula is C15H18N2O2. The molecule has 0 aliphatic rings. The maximum Gasteiger partial charge on any atom is 0.251 e. The largest absolute Gasteiger partial charge is 0.494 e. The van der Waals surface area contributed by atoms with E-state index in [1.54, 1.807) is 0 Å². The molecule has 1 heterocycles. The molecule has 1 N–H and O–H groups in total. The molecule has 4 nitrogen and oxygen atoms in total. The molecule has 0 saturated carbocycles. The summed E-state index contributed by atoms with van der Waals surface area (Å²) in [5.41, 5.74) is 1.73. The highest BCUT2D eigenvalue weighted by Crippen LogP contribution is 2.14. The van der Waals surface area contributed by atoms with Crippen LogP contribution in [0.1, 0.15) is 30.4 Å². The summed E-state index contributed by atoms with van der Waals surface area (Å²) in [5.74, 6) is 1.56. The number of nitrogens with one attached hydrogen (secondary N) is 1. The van der Waals surface area contributed by atoms with Crippen LogP contribution in [-0.2, 0) is 6.42 Å². The fraction of sp³-hybridized carbons (Fsp3) is 0.333. The molecule has 0 atom stereocenters. The molecular weight excluding hydrogens is 240 g/mol. The van der Waals surface area contributed by atoms with Crippen LogP contribution < -0.4 is 10.3 Å². The number of H-pyrrole nitrogens is 1. The van der Waals surface area contributed by atoms with Crippen LogP contribution in [0.3, 0.4) is 0 Å². The number of aryl methyl sites for hydroxylation is 1. The van der Waals surface area contributed by atoms with E-state index in [0.29, 0.717) is 12.2 Å². The lowest BCUT2D eigenvalue weighted by atomic mass is 10.1. The van der Waals surface area contributed by atoms with Gasteiger partial charge in [-0.25, -0.2) is 4.98 Å². The predicted molar refractivity (Wildman–Crippen MR) is 74.6 cm³/mol. The highest BCUT2D eigenvalue weighted by Gasteiger charge is 2.01. The van der Waals surface area contributed by atoms with E-state index in [4.69, 9.17) is 4.74 Å². The van der Waals surface area contributed by atoms with Crippen molar-refractivity contribution in [1.82, 2.24) is 9.97 Å². The molecule has 2 rings (SSSR count). The number of hydrogen-bond donors (Lipinski definition) is 1. The van der Waals surface area contributed by atoms with Crippen molar-refractivity contribution in [3.8, 4) is 5.75 Å². The Morgan fingerprint density at radius 1 is 1.26 bits per heavy atom. The molecule has 0 unspecified atom stereocenters. The highest BCUT2D eigenvalue weighted by molar-refractivity contribution is 5.29. The number of rotatable bonds is 5. The Hall–Kier alpha value is -2.10. The molecule has 1 aromatic heterocycles. The average molecular weight is 258 g/mol. The number of aromatic nitrogens is 2. The van der Waals surface area contributed by atoms with Gasteiger partial charge in [0.15, 0.2) is 0 Å². The van der Waals surface area contributed by atoms with Gasteiger partial charge in [-0.1, -0.05) is 19.1 Å². The van der Waals surface area contributed by atoms with Crippen LogP contribution in [0.4, 0.5) is 0 Å². The van der Waals surface area contributed by atoms with Crippen molar-refractivity contribution < 1.29 is 4.74 Å². The van der Waals surface area contributed by atoms with Crippen molar-refractivity contribution in [3.05, 3.63) is 57.8 Å². The first-order valence-electron chi connectivity index (χ1n) is 6.46. The summed E-state index contributed by atoms with van der Waals surface area (Å²) in [4.78, 5) is 18.4. The zero-order valence-corrected chi connectivity index (χ0v) is 11.3. The van der Waals surface area contributed by atoms with Gasteiger partial charge >= 0.3 is 0 Å². The zero-order valence-electron chi connectivity index (χ0n) is 11.3. The second-order valence-corrected chi connectivity index (χ2v) is 4.50. The summed E-state index contributed by atoms with van der Waals surface area (Å²) in [6, 6.07) is 9.36. The first-order valence-corrected chi connectivity index (χ1v) is 6.46. The summed E-state index contributed by atoms with van der Waals surface area (Å²) in [7, 11) is 0. The van der Waals surface area contributed by atoms with E-state index in [1.807, 2.05) is 31.2 Å². The molecule has 0 aliphatic carbocycles. The molecule has 19 heavy (non-hydrogen) atoms. The first-order chi connectivity index (χ1) is 9.17. The minimum atomic E-state index is -0.106. The Balaban J connectivity index is 2.08. The van der Waals surface area contributed by atoms with Crippen molar-refractivity contribution in [2.24, 2.45) is 0 Å². The lowest BCUT2D eigenvalue weighted by Crippen LogP contribution is -2.11. The lowest BCUT2D eigenvalue weighted by Gasteiger charge is -2.06. The Morgan fingerprint density at radius 2 is 2.00 bits per heavy atom. The first kappa shape index (κ1) is 13.3. The second kappa shape index (κ2) is 6.18. The van der Waals surface area contributed by atoms with E-state index < -0.39 is 0 Å². The Morgan fingerprint density at radius 3 is 2.63 bits per heavy atom. The van der Waals surface area contributed by atoms with Crippen molar-refractivity contribution in [2.45, 2.75) is 26.7 Å². The summed E-state index contributed by atoms with van der Waals surface area (Å²) in [5, 5.41) is 0. The lowest BCUT2D eigenvalue weighted by molar-refractivity contribution is 0.317. The quantitative estimate of drug-likeness (QED) is 0.896. The monoisotopic (exact) mass is 258 g/mol. The Kier molecular flexibility index (Phi) is 4.34. The Bertz CT molecular complexity index is 588. The van der Waals surface area contributed by atoms with E-state index in [-0.39, 0.29) is 5.56 Å². The van der Waals surface area contributed by atoms with Gasteiger partial charge in [0, 0.05) is 18.2 Å². The molecule has 1 aromatic carbocycles. The van der Waals surface area contributed by atoms with Crippen LogP contribution in [-0.4, -0.2) is 16.6 Å². The fourth-order valence-electron chi connectivity index (χ4n) is 1.84. The van der Waals surface area contributed by atoms with Gasteiger partial charge in [0.2, 0.25) is 0 Å². The standard InChI is InChI=1S/C15H18N2O2/c1-3-8-19-13-6-4-12(5-7-13)10-14-16-11(2)9-15(18)17-14/h4-7,9H,3,8,10H2,1-2H3,(H,16,17,18). The van der Waals surface area contributed by atoms with E-state index in [9.17, 15) is 4.79 Å². The average Bonchev–Trinajstić information content (AvgIpc) is 2.37. The minimum Gasteiger partial charge on any atom is -0.494 e. The molecule has 0 spiro atoms.